The summed E-state index contributed by atoms with van der Waals surface area (Å²) in [6.45, 7) is 5.65. The summed E-state index contributed by atoms with van der Waals surface area (Å²) >= 11 is 0. The summed E-state index contributed by atoms with van der Waals surface area (Å²) in [7, 11) is 1.80. The molecule has 0 saturated heterocycles. The van der Waals surface area contributed by atoms with E-state index in [1.54, 1.807) is 25.6 Å². The van der Waals surface area contributed by atoms with E-state index in [4.69, 9.17) is 5.11 Å². The number of rotatable bonds is 5. The zero-order valence-corrected chi connectivity index (χ0v) is 11.6. The number of aryl methyl sites for hydroxylation is 2. The molecule has 0 aliphatic rings. The average molecular weight is 268 g/mol. The monoisotopic (exact) mass is 268 g/mol. The Morgan fingerprint density at radius 1 is 1.47 bits per heavy atom. The molecule has 0 unspecified atom stereocenters. The third-order valence-electron chi connectivity index (χ3n) is 2.77. The minimum Gasteiger partial charge on any atom is -0.480 e. The van der Waals surface area contributed by atoms with Crippen molar-refractivity contribution in [3.05, 3.63) is 17.5 Å². The first-order valence-electron chi connectivity index (χ1n) is 6.07. The van der Waals surface area contributed by atoms with Gasteiger partial charge in [-0.05, 0) is 12.8 Å². The molecule has 0 aliphatic heterocycles. The molecule has 1 aromatic heterocycles. The molecular formula is C12H20N4O3. The molecule has 0 fully saturated rings. The fraction of sp³-hybridized carbons (Fsp3) is 0.583. The van der Waals surface area contributed by atoms with E-state index in [1.807, 2.05) is 13.1 Å². The highest BCUT2D eigenvalue weighted by molar-refractivity contribution is 5.82. The molecule has 2 amide bonds. The molecule has 0 spiro atoms. The van der Waals surface area contributed by atoms with Crippen molar-refractivity contribution in [3.63, 3.8) is 0 Å². The first-order chi connectivity index (χ1) is 8.81. The van der Waals surface area contributed by atoms with E-state index in [-0.39, 0.29) is 5.92 Å². The van der Waals surface area contributed by atoms with Crippen molar-refractivity contribution in [3.8, 4) is 0 Å². The number of carbonyl (C=O) groups excluding carboxylic acids is 1. The van der Waals surface area contributed by atoms with Crippen molar-refractivity contribution in [2.75, 3.05) is 0 Å². The minimum atomic E-state index is -1.04. The fourth-order valence-corrected chi connectivity index (χ4v) is 1.70. The van der Waals surface area contributed by atoms with Crippen molar-refractivity contribution in [2.45, 2.75) is 33.4 Å². The van der Waals surface area contributed by atoms with E-state index in [2.05, 4.69) is 15.7 Å². The second-order valence-electron chi connectivity index (χ2n) is 4.80. The van der Waals surface area contributed by atoms with Crippen LogP contribution in [0.2, 0.25) is 0 Å². The van der Waals surface area contributed by atoms with Crippen LogP contribution in [0.25, 0.3) is 0 Å². The Balaban J connectivity index is 2.52. The Morgan fingerprint density at radius 2 is 2.11 bits per heavy atom. The molecular weight excluding hydrogens is 248 g/mol. The van der Waals surface area contributed by atoms with Crippen LogP contribution in [0.1, 0.15) is 25.1 Å². The molecule has 1 aromatic rings. The normalized spacial score (nSPS) is 12.3. The maximum atomic E-state index is 11.6. The lowest BCUT2D eigenvalue weighted by atomic mass is 10.1. The number of hydrogen-bond donors (Lipinski definition) is 3. The fourth-order valence-electron chi connectivity index (χ4n) is 1.70. The molecule has 3 N–H and O–H groups in total. The number of carboxylic acids is 1. The molecule has 0 saturated carbocycles. The molecule has 19 heavy (non-hydrogen) atoms. The van der Waals surface area contributed by atoms with Crippen LogP contribution in [0.3, 0.4) is 0 Å². The van der Waals surface area contributed by atoms with Crippen molar-refractivity contribution in [1.82, 2.24) is 20.4 Å². The van der Waals surface area contributed by atoms with Crippen molar-refractivity contribution in [2.24, 2.45) is 13.0 Å². The van der Waals surface area contributed by atoms with Gasteiger partial charge in [-0.3, -0.25) is 4.68 Å². The number of hydrogen-bond acceptors (Lipinski definition) is 3. The summed E-state index contributed by atoms with van der Waals surface area (Å²) in [5.41, 5.74) is 1.73. The van der Waals surface area contributed by atoms with Gasteiger partial charge in [0, 0.05) is 25.4 Å². The first-order valence-corrected chi connectivity index (χ1v) is 6.07. The second-order valence-corrected chi connectivity index (χ2v) is 4.80. The van der Waals surface area contributed by atoms with Gasteiger partial charge in [0.1, 0.15) is 6.04 Å². The lowest BCUT2D eigenvalue weighted by Gasteiger charge is -2.18. The maximum absolute atomic E-state index is 11.6. The highest BCUT2D eigenvalue weighted by Crippen LogP contribution is 2.04. The van der Waals surface area contributed by atoms with Crippen molar-refractivity contribution >= 4 is 12.0 Å². The van der Waals surface area contributed by atoms with Gasteiger partial charge in [0.2, 0.25) is 0 Å². The minimum absolute atomic E-state index is 0.177. The Bertz CT molecular complexity index is 468. The van der Waals surface area contributed by atoms with Gasteiger partial charge in [-0.15, -0.1) is 0 Å². The number of aliphatic carboxylic acids is 1. The second kappa shape index (κ2) is 6.21. The van der Waals surface area contributed by atoms with E-state index in [0.29, 0.717) is 6.54 Å². The SMILES string of the molecule is Cc1nn(C)cc1CNC(=O)N[C@H](C(=O)O)C(C)C. The summed E-state index contributed by atoms with van der Waals surface area (Å²) in [6, 6.07) is -1.39. The van der Waals surface area contributed by atoms with Gasteiger partial charge in [-0.1, -0.05) is 13.8 Å². The molecule has 0 bridgehead atoms. The van der Waals surface area contributed by atoms with Crippen LogP contribution in [0.15, 0.2) is 6.20 Å². The highest BCUT2D eigenvalue weighted by Gasteiger charge is 2.23. The number of carboxylic acid groups (broad SMARTS) is 1. The quantitative estimate of drug-likeness (QED) is 0.730. The van der Waals surface area contributed by atoms with Gasteiger partial charge in [0.25, 0.3) is 0 Å². The smallest absolute Gasteiger partial charge is 0.326 e. The molecule has 0 aromatic carbocycles. The van der Waals surface area contributed by atoms with E-state index in [0.717, 1.165) is 11.3 Å². The van der Waals surface area contributed by atoms with E-state index < -0.39 is 18.0 Å². The lowest BCUT2D eigenvalue weighted by molar-refractivity contribution is -0.140. The third kappa shape index (κ3) is 4.27. The lowest BCUT2D eigenvalue weighted by Crippen LogP contribution is -2.48. The number of urea groups is 1. The Labute approximate surface area is 112 Å². The Hall–Kier alpha value is -2.05. The first kappa shape index (κ1) is 15.0. The summed E-state index contributed by atoms with van der Waals surface area (Å²) in [5, 5.41) is 18.2. The maximum Gasteiger partial charge on any atom is 0.326 e. The summed E-state index contributed by atoms with van der Waals surface area (Å²) < 4.78 is 1.67. The van der Waals surface area contributed by atoms with Gasteiger partial charge < -0.3 is 15.7 Å². The molecule has 1 atom stereocenters. The van der Waals surface area contributed by atoms with Gasteiger partial charge >= 0.3 is 12.0 Å². The molecule has 0 radical (unpaired) electrons. The molecule has 7 nitrogen and oxygen atoms in total. The average Bonchev–Trinajstić information content (AvgIpc) is 2.61. The van der Waals surface area contributed by atoms with Crippen LogP contribution < -0.4 is 10.6 Å². The van der Waals surface area contributed by atoms with Crippen molar-refractivity contribution < 1.29 is 14.7 Å². The number of amides is 2. The molecule has 1 heterocycles. The van der Waals surface area contributed by atoms with Crippen LogP contribution in [-0.2, 0) is 18.4 Å². The summed E-state index contributed by atoms with van der Waals surface area (Å²) in [6.07, 6.45) is 1.81. The summed E-state index contributed by atoms with van der Waals surface area (Å²) in [5.74, 6) is -1.22. The van der Waals surface area contributed by atoms with Crippen molar-refractivity contribution in [1.29, 1.82) is 0 Å². The molecule has 7 heteroatoms. The van der Waals surface area contributed by atoms with Gasteiger partial charge in [-0.25, -0.2) is 9.59 Å². The van der Waals surface area contributed by atoms with Crippen LogP contribution in [0.5, 0.6) is 0 Å². The molecule has 1 rings (SSSR count). The van der Waals surface area contributed by atoms with Crippen LogP contribution in [0.4, 0.5) is 4.79 Å². The van der Waals surface area contributed by atoms with Gasteiger partial charge in [-0.2, -0.15) is 5.10 Å². The molecule has 0 aliphatic carbocycles. The molecule has 106 valence electrons. The number of nitrogens with one attached hydrogen (secondary N) is 2. The zero-order valence-electron chi connectivity index (χ0n) is 11.6. The van der Waals surface area contributed by atoms with Crippen LogP contribution in [-0.4, -0.2) is 32.9 Å². The van der Waals surface area contributed by atoms with E-state index in [9.17, 15) is 9.59 Å². The third-order valence-corrected chi connectivity index (χ3v) is 2.77. The summed E-state index contributed by atoms with van der Waals surface area (Å²) in [4.78, 5) is 22.6. The van der Waals surface area contributed by atoms with E-state index in [1.165, 1.54) is 0 Å². The Morgan fingerprint density at radius 3 is 2.53 bits per heavy atom. The zero-order chi connectivity index (χ0) is 14.6. The van der Waals surface area contributed by atoms with Crippen LogP contribution in [0, 0.1) is 12.8 Å². The van der Waals surface area contributed by atoms with Crippen LogP contribution >= 0.6 is 0 Å². The number of nitrogens with zero attached hydrogens (tertiary/aromatic N) is 2. The standard InChI is InChI=1S/C12H20N4O3/c1-7(2)10(11(17)18)14-12(19)13-5-9-6-16(4)15-8(9)3/h6-7,10H,5H2,1-4H3,(H,17,18)(H2,13,14,19)/t10-/m0/s1. The predicted molar refractivity (Wildman–Crippen MR) is 69.6 cm³/mol. The van der Waals surface area contributed by atoms with Gasteiger partial charge in [0.15, 0.2) is 0 Å². The largest absolute Gasteiger partial charge is 0.480 e. The topological polar surface area (TPSA) is 96.3 Å². The highest BCUT2D eigenvalue weighted by atomic mass is 16.4. The number of aromatic nitrogens is 2. The number of carbonyl (C=O) groups is 2. The van der Waals surface area contributed by atoms with Gasteiger partial charge in [0.05, 0.1) is 5.69 Å². The van der Waals surface area contributed by atoms with E-state index >= 15 is 0 Å². The predicted octanol–water partition coefficient (Wildman–Crippen LogP) is 0.637. The Kier molecular flexibility index (Phi) is 4.91.